The lowest BCUT2D eigenvalue weighted by molar-refractivity contribution is -0.113. The largest absolute Gasteiger partial charge is 0.300 e. The molecule has 22 heavy (non-hydrogen) atoms. The fourth-order valence-corrected chi connectivity index (χ4v) is 3.90. The van der Waals surface area contributed by atoms with Gasteiger partial charge in [-0.2, -0.15) is 0 Å². The molecule has 1 heterocycles. The van der Waals surface area contributed by atoms with Gasteiger partial charge in [0.2, 0.25) is 11.0 Å². The van der Waals surface area contributed by atoms with E-state index in [9.17, 15) is 13.2 Å². The molecule has 0 fully saturated rings. The van der Waals surface area contributed by atoms with E-state index in [1.54, 1.807) is 18.2 Å². The average Bonchev–Trinajstić information content (AvgIpc) is 2.85. The predicted molar refractivity (Wildman–Crippen MR) is 85.6 cm³/mol. The van der Waals surface area contributed by atoms with Gasteiger partial charge in [-0.1, -0.05) is 43.4 Å². The van der Waals surface area contributed by atoms with Crippen LogP contribution in [0.1, 0.15) is 18.9 Å². The van der Waals surface area contributed by atoms with Crippen molar-refractivity contribution in [1.82, 2.24) is 10.2 Å². The molecule has 0 aliphatic heterocycles. The maximum Gasteiger partial charge on any atom is 0.241 e. The molecule has 2 aromatic rings. The summed E-state index contributed by atoms with van der Waals surface area (Å²) in [6.45, 7) is 4.12. The van der Waals surface area contributed by atoms with Crippen LogP contribution in [0, 0.1) is 5.92 Å². The van der Waals surface area contributed by atoms with Crippen LogP contribution in [0.3, 0.4) is 0 Å². The van der Waals surface area contributed by atoms with Crippen LogP contribution in [0.25, 0.3) is 0 Å². The van der Waals surface area contributed by atoms with Gasteiger partial charge in [0, 0.05) is 6.42 Å². The molecule has 8 heteroatoms. The van der Waals surface area contributed by atoms with Crippen LogP contribution >= 0.6 is 11.3 Å². The molecule has 0 unspecified atom stereocenters. The predicted octanol–water partition coefficient (Wildman–Crippen LogP) is 2.15. The SMILES string of the molecule is CC(C)Cc1nnc(NC(=O)CS(=O)(=O)c2ccccc2)s1. The van der Waals surface area contributed by atoms with E-state index in [2.05, 4.69) is 29.4 Å². The summed E-state index contributed by atoms with van der Waals surface area (Å²) in [4.78, 5) is 12.0. The fourth-order valence-electron chi connectivity index (χ4n) is 1.77. The highest BCUT2D eigenvalue weighted by atomic mass is 32.2. The number of nitrogens with zero attached hydrogens (tertiary/aromatic N) is 2. The number of nitrogens with one attached hydrogen (secondary N) is 1. The zero-order valence-electron chi connectivity index (χ0n) is 12.3. The summed E-state index contributed by atoms with van der Waals surface area (Å²) in [5.74, 6) is -0.790. The van der Waals surface area contributed by atoms with Gasteiger partial charge in [0.15, 0.2) is 9.84 Å². The van der Waals surface area contributed by atoms with Gasteiger partial charge >= 0.3 is 0 Å². The van der Waals surface area contributed by atoms with Gasteiger partial charge in [0.05, 0.1) is 4.90 Å². The van der Waals surface area contributed by atoms with E-state index in [0.717, 1.165) is 11.4 Å². The van der Waals surface area contributed by atoms with Gasteiger partial charge in [-0.15, -0.1) is 10.2 Å². The number of benzene rings is 1. The summed E-state index contributed by atoms with van der Waals surface area (Å²) in [5.41, 5.74) is 0. The molecule has 1 N–H and O–H groups in total. The Morgan fingerprint density at radius 1 is 1.23 bits per heavy atom. The van der Waals surface area contributed by atoms with Crippen LogP contribution < -0.4 is 5.32 Å². The molecule has 118 valence electrons. The Morgan fingerprint density at radius 3 is 2.55 bits per heavy atom. The van der Waals surface area contributed by atoms with E-state index in [-0.39, 0.29) is 4.90 Å². The summed E-state index contributed by atoms with van der Waals surface area (Å²) in [5, 5.41) is 11.4. The van der Waals surface area contributed by atoms with Gasteiger partial charge in [0.25, 0.3) is 0 Å². The van der Waals surface area contributed by atoms with Gasteiger partial charge in [0.1, 0.15) is 10.8 Å². The number of carbonyl (C=O) groups excluding carboxylic acids is 1. The second-order valence-corrected chi connectivity index (χ2v) is 8.27. The standard InChI is InChI=1S/C14H17N3O3S2/c1-10(2)8-13-16-17-14(21-13)15-12(18)9-22(19,20)11-6-4-3-5-7-11/h3-7,10H,8-9H2,1-2H3,(H,15,17,18). The van der Waals surface area contributed by atoms with Crippen molar-refractivity contribution in [3.8, 4) is 0 Å². The minimum Gasteiger partial charge on any atom is -0.300 e. The summed E-state index contributed by atoms with van der Waals surface area (Å²) in [6, 6.07) is 7.89. The van der Waals surface area contributed by atoms with Crippen molar-refractivity contribution in [2.75, 3.05) is 11.1 Å². The average molecular weight is 339 g/mol. The number of anilines is 1. The van der Waals surface area contributed by atoms with Crippen molar-refractivity contribution in [1.29, 1.82) is 0 Å². The Hall–Kier alpha value is -1.80. The van der Waals surface area contributed by atoms with Crippen LogP contribution in [0.5, 0.6) is 0 Å². The van der Waals surface area contributed by atoms with Crippen molar-refractivity contribution in [2.24, 2.45) is 5.92 Å². The van der Waals surface area contributed by atoms with Crippen LogP contribution in [-0.2, 0) is 21.1 Å². The summed E-state index contributed by atoms with van der Waals surface area (Å²) >= 11 is 1.26. The third-order valence-electron chi connectivity index (χ3n) is 2.72. The molecule has 0 spiro atoms. The first-order valence-corrected chi connectivity index (χ1v) is 9.24. The van der Waals surface area contributed by atoms with Crippen molar-refractivity contribution >= 4 is 32.2 Å². The first-order valence-electron chi connectivity index (χ1n) is 6.77. The number of hydrogen-bond acceptors (Lipinski definition) is 6. The molecule has 1 aromatic carbocycles. The number of amides is 1. The maximum absolute atomic E-state index is 12.1. The summed E-state index contributed by atoms with van der Waals surface area (Å²) in [7, 11) is -3.65. The quantitative estimate of drug-likeness (QED) is 0.871. The first kappa shape index (κ1) is 16.6. The second kappa shape index (κ2) is 6.97. The van der Waals surface area contributed by atoms with Crippen molar-refractivity contribution in [3.05, 3.63) is 35.3 Å². The molecule has 0 saturated carbocycles. The molecule has 0 atom stereocenters. The molecule has 1 amide bonds. The molecular weight excluding hydrogens is 322 g/mol. The normalized spacial score (nSPS) is 11.6. The first-order chi connectivity index (χ1) is 10.4. The highest BCUT2D eigenvalue weighted by molar-refractivity contribution is 7.92. The minimum atomic E-state index is -3.65. The second-order valence-electron chi connectivity index (χ2n) is 5.22. The Kier molecular flexibility index (Phi) is 5.25. The molecular formula is C14H17N3O3S2. The Morgan fingerprint density at radius 2 is 1.91 bits per heavy atom. The number of hydrogen-bond donors (Lipinski definition) is 1. The van der Waals surface area contributed by atoms with Gasteiger partial charge in [-0.3, -0.25) is 10.1 Å². The van der Waals surface area contributed by atoms with Crippen LogP contribution in [-0.4, -0.2) is 30.3 Å². The molecule has 0 aliphatic rings. The third kappa shape index (κ3) is 4.60. The summed E-state index contributed by atoms with van der Waals surface area (Å²) in [6.07, 6.45) is 0.774. The zero-order chi connectivity index (χ0) is 16.2. The van der Waals surface area contributed by atoms with Crippen LogP contribution in [0.15, 0.2) is 35.2 Å². The van der Waals surface area contributed by atoms with Crippen LogP contribution in [0.2, 0.25) is 0 Å². The number of sulfone groups is 1. The molecule has 1 aromatic heterocycles. The smallest absolute Gasteiger partial charge is 0.241 e. The van der Waals surface area contributed by atoms with E-state index in [0.29, 0.717) is 11.0 Å². The molecule has 0 saturated heterocycles. The lowest BCUT2D eigenvalue weighted by Crippen LogP contribution is -2.22. The molecule has 0 radical (unpaired) electrons. The van der Waals surface area contributed by atoms with E-state index >= 15 is 0 Å². The molecule has 0 bridgehead atoms. The Bertz CT molecular complexity index is 740. The van der Waals surface area contributed by atoms with Crippen molar-refractivity contribution < 1.29 is 13.2 Å². The van der Waals surface area contributed by atoms with E-state index < -0.39 is 21.5 Å². The van der Waals surface area contributed by atoms with Gasteiger partial charge < -0.3 is 0 Å². The highest BCUT2D eigenvalue weighted by Crippen LogP contribution is 2.18. The number of rotatable bonds is 6. The Balaban J connectivity index is 2.00. The number of aromatic nitrogens is 2. The monoisotopic (exact) mass is 339 g/mol. The van der Waals surface area contributed by atoms with E-state index in [1.165, 1.54) is 23.5 Å². The Labute approximate surface area is 133 Å². The van der Waals surface area contributed by atoms with E-state index in [4.69, 9.17) is 0 Å². The van der Waals surface area contributed by atoms with Crippen molar-refractivity contribution in [2.45, 2.75) is 25.2 Å². The fraction of sp³-hybridized carbons (Fsp3) is 0.357. The van der Waals surface area contributed by atoms with Crippen molar-refractivity contribution in [3.63, 3.8) is 0 Å². The molecule has 0 aliphatic carbocycles. The van der Waals surface area contributed by atoms with Crippen LogP contribution in [0.4, 0.5) is 5.13 Å². The molecule has 6 nitrogen and oxygen atoms in total. The molecule has 2 rings (SSSR count). The van der Waals surface area contributed by atoms with Gasteiger partial charge in [-0.25, -0.2) is 8.42 Å². The topological polar surface area (TPSA) is 89.0 Å². The highest BCUT2D eigenvalue weighted by Gasteiger charge is 2.20. The lowest BCUT2D eigenvalue weighted by atomic mass is 10.1. The van der Waals surface area contributed by atoms with Gasteiger partial charge in [-0.05, 0) is 18.1 Å². The maximum atomic E-state index is 12.1. The lowest BCUT2D eigenvalue weighted by Gasteiger charge is -2.03. The minimum absolute atomic E-state index is 0.128. The summed E-state index contributed by atoms with van der Waals surface area (Å²) < 4.78 is 24.2. The zero-order valence-corrected chi connectivity index (χ0v) is 13.9. The number of carbonyl (C=O) groups is 1. The third-order valence-corrected chi connectivity index (χ3v) is 5.21. The van der Waals surface area contributed by atoms with E-state index in [1.807, 2.05) is 0 Å².